The molecule has 1 saturated heterocycles. The highest BCUT2D eigenvalue weighted by atomic mass is 35.5. The molecule has 3 heterocycles. The van der Waals surface area contributed by atoms with Crippen LogP contribution in [0.25, 0.3) is 0 Å². The number of halogens is 4. The lowest BCUT2D eigenvalue weighted by Gasteiger charge is -2.22. The van der Waals surface area contributed by atoms with Gasteiger partial charge in [-0.05, 0) is 18.6 Å². The molecule has 1 aliphatic rings. The van der Waals surface area contributed by atoms with Crippen molar-refractivity contribution in [3.8, 4) is 0 Å². The Balaban J connectivity index is 1.72. The van der Waals surface area contributed by atoms with Crippen molar-refractivity contribution >= 4 is 23.5 Å². The first-order valence-corrected chi connectivity index (χ1v) is 8.27. The third-order valence-electron chi connectivity index (χ3n) is 3.95. The van der Waals surface area contributed by atoms with Crippen molar-refractivity contribution in [1.82, 2.24) is 19.9 Å². The van der Waals surface area contributed by atoms with Crippen molar-refractivity contribution in [3.05, 3.63) is 47.0 Å². The summed E-state index contributed by atoms with van der Waals surface area (Å²) in [5.41, 5.74) is -0.606. The van der Waals surface area contributed by atoms with Gasteiger partial charge in [0, 0.05) is 44.8 Å². The van der Waals surface area contributed by atoms with Gasteiger partial charge in [0.15, 0.2) is 0 Å². The molecule has 2 aromatic rings. The molecule has 26 heavy (non-hydrogen) atoms. The van der Waals surface area contributed by atoms with Gasteiger partial charge in [-0.25, -0.2) is 9.97 Å². The van der Waals surface area contributed by atoms with E-state index in [0.29, 0.717) is 43.2 Å². The lowest BCUT2D eigenvalue weighted by atomic mass is 10.2. The summed E-state index contributed by atoms with van der Waals surface area (Å²) in [4.78, 5) is 27.3. The average Bonchev–Trinajstić information content (AvgIpc) is 2.87. The smallest absolute Gasteiger partial charge is 0.339 e. The fourth-order valence-corrected chi connectivity index (χ4v) is 2.86. The quantitative estimate of drug-likeness (QED) is 0.795. The minimum Gasteiger partial charge on any atom is -0.339 e. The zero-order valence-corrected chi connectivity index (χ0v) is 14.3. The predicted molar refractivity (Wildman–Crippen MR) is 89.0 cm³/mol. The second-order valence-corrected chi connectivity index (χ2v) is 6.20. The van der Waals surface area contributed by atoms with E-state index in [-0.39, 0.29) is 11.9 Å². The van der Waals surface area contributed by atoms with Crippen LogP contribution in [-0.2, 0) is 6.18 Å². The molecule has 0 spiro atoms. The van der Waals surface area contributed by atoms with Crippen LogP contribution in [0.2, 0.25) is 5.02 Å². The van der Waals surface area contributed by atoms with Crippen LogP contribution in [-0.4, -0.2) is 51.9 Å². The number of aromatic nitrogens is 3. The molecule has 0 aliphatic carbocycles. The van der Waals surface area contributed by atoms with Crippen molar-refractivity contribution in [2.45, 2.75) is 12.6 Å². The summed E-state index contributed by atoms with van der Waals surface area (Å²) in [7, 11) is 0. The van der Waals surface area contributed by atoms with Gasteiger partial charge in [-0.3, -0.25) is 9.78 Å². The normalized spacial score (nSPS) is 15.7. The number of pyridine rings is 1. The van der Waals surface area contributed by atoms with Crippen LogP contribution < -0.4 is 4.90 Å². The van der Waals surface area contributed by atoms with Gasteiger partial charge in [0.1, 0.15) is 5.69 Å². The molecule has 3 rings (SSSR count). The summed E-state index contributed by atoms with van der Waals surface area (Å²) >= 11 is 5.87. The molecule has 0 atom stereocenters. The summed E-state index contributed by atoms with van der Waals surface area (Å²) in [6, 6.07) is 2.37. The molecule has 0 unspecified atom stereocenters. The van der Waals surface area contributed by atoms with Gasteiger partial charge in [0.25, 0.3) is 5.91 Å². The van der Waals surface area contributed by atoms with E-state index < -0.39 is 11.9 Å². The van der Waals surface area contributed by atoms with Crippen molar-refractivity contribution < 1.29 is 18.0 Å². The Bertz CT molecular complexity index is 801. The third kappa shape index (κ3) is 4.21. The minimum absolute atomic E-state index is 0.0125. The SMILES string of the molecule is O=C(c1cncc(Cl)c1)N1CCCN(c2nccc(C(F)(F)F)n2)CC1. The molecular weight excluding hydrogens is 371 g/mol. The highest BCUT2D eigenvalue weighted by molar-refractivity contribution is 6.30. The standard InChI is InChI=1S/C16H15ClF3N5O/c17-12-8-11(9-21-10-12)14(26)24-4-1-5-25(7-6-24)15-22-3-2-13(23-15)16(18,19)20/h2-3,8-10H,1,4-7H2. The summed E-state index contributed by atoms with van der Waals surface area (Å²) in [5.74, 6) is -0.203. The highest BCUT2D eigenvalue weighted by Gasteiger charge is 2.33. The van der Waals surface area contributed by atoms with Crippen molar-refractivity contribution in [3.63, 3.8) is 0 Å². The van der Waals surface area contributed by atoms with Crippen LogP contribution in [0.3, 0.4) is 0 Å². The molecule has 10 heteroatoms. The number of amides is 1. The largest absolute Gasteiger partial charge is 0.433 e. The van der Waals surface area contributed by atoms with E-state index in [1.807, 2.05) is 0 Å². The minimum atomic E-state index is -4.52. The number of carbonyl (C=O) groups is 1. The number of rotatable bonds is 2. The molecule has 0 bridgehead atoms. The maximum absolute atomic E-state index is 12.8. The zero-order valence-electron chi connectivity index (χ0n) is 13.6. The van der Waals surface area contributed by atoms with Gasteiger partial charge in [-0.15, -0.1) is 0 Å². The fourth-order valence-electron chi connectivity index (χ4n) is 2.69. The van der Waals surface area contributed by atoms with Crippen LogP contribution in [0, 0.1) is 0 Å². The second kappa shape index (κ2) is 7.45. The van der Waals surface area contributed by atoms with E-state index in [0.717, 1.165) is 12.3 Å². The van der Waals surface area contributed by atoms with Gasteiger partial charge in [0.05, 0.1) is 10.6 Å². The van der Waals surface area contributed by atoms with Gasteiger partial charge in [-0.1, -0.05) is 11.6 Å². The molecule has 0 aromatic carbocycles. The van der Waals surface area contributed by atoms with Crippen molar-refractivity contribution in [1.29, 1.82) is 0 Å². The summed E-state index contributed by atoms with van der Waals surface area (Å²) in [5, 5.41) is 0.365. The number of hydrogen-bond donors (Lipinski definition) is 0. The number of nitrogens with zero attached hydrogens (tertiary/aromatic N) is 5. The first-order chi connectivity index (χ1) is 12.3. The molecule has 0 radical (unpaired) electrons. The molecule has 1 fully saturated rings. The van der Waals surface area contributed by atoms with E-state index in [9.17, 15) is 18.0 Å². The van der Waals surface area contributed by atoms with E-state index in [1.54, 1.807) is 9.80 Å². The predicted octanol–water partition coefficient (Wildman–Crippen LogP) is 2.90. The second-order valence-electron chi connectivity index (χ2n) is 5.76. The molecule has 1 aliphatic heterocycles. The lowest BCUT2D eigenvalue weighted by molar-refractivity contribution is -0.141. The summed E-state index contributed by atoms with van der Waals surface area (Å²) in [6.07, 6.45) is 0.0291. The fraction of sp³-hybridized carbons (Fsp3) is 0.375. The van der Waals surface area contributed by atoms with Gasteiger partial charge < -0.3 is 9.80 Å². The van der Waals surface area contributed by atoms with Gasteiger partial charge >= 0.3 is 6.18 Å². The van der Waals surface area contributed by atoms with Gasteiger partial charge in [0.2, 0.25) is 5.95 Å². The average molecular weight is 386 g/mol. The monoisotopic (exact) mass is 385 g/mol. The first-order valence-electron chi connectivity index (χ1n) is 7.89. The highest BCUT2D eigenvalue weighted by Crippen LogP contribution is 2.28. The zero-order chi connectivity index (χ0) is 18.7. The van der Waals surface area contributed by atoms with E-state index >= 15 is 0 Å². The molecule has 138 valence electrons. The summed E-state index contributed by atoms with van der Waals surface area (Å²) < 4.78 is 38.5. The van der Waals surface area contributed by atoms with Crippen LogP contribution in [0.5, 0.6) is 0 Å². The Labute approximate surface area is 152 Å². The molecule has 1 amide bonds. The van der Waals surface area contributed by atoms with Crippen LogP contribution in [0.4, 0.5) is 19.1 Å². The number of hydrogen-bond acceptors (Lipinski definition) is 5. The van der Waals surface area contributed by atoms with Crippen LogP contribution in [0.1, 0.15) is 22.5 Å². The molecule has 2 aromatic heterocycles. The topological polar surface area (TPSA) is 62.2 Å². The number of anilines is 1. The van der Waals surface area contributed by atoms with E-state index in [4.69, 9.17) is 11.6 Å². The molecule has 0 N–H and O–H groups in total. The molecular formula is C16H15ClF3N5O. The number of carbonyl (C=O) groups excluding carboxylic acids is 1. The van der Waals surface area contributed by atoms with Crippen LogP contribution in [0.15, 0.2) is 30.7 Å². The Morgan fingerprint density at radius 3 is 2.69 bits per heavy atom. The lowest BCUT2D eigenvalue weighted by Crippen LogP contribution is -2.35. The molecule has 0 saturated carbocycles. The van der Waals surface area contributed by atoms with Gasteiger partial charge in [-0.2, -0.15) is 13.2 Å². The van der Waals surface area contributed by atoms with Crippen molar-refractivity contribution in [2.24, 2.45) is 0 Å². The molecule has 6 nitrogen and oxygen atoms in total. The van der Waals surface area contributed by atoms with E-state index in [1.165, 1.54) is 18.5 Å². The van der Waals surface area contributed by atoms with Crippen LogP contribution >= 0.6 is 11.6 Å². The maximum Gasteiger partial charge on any atom is 0.433 e. The number of alkyl halides is 3. The first kappa shape index (κ1) is 18.4. The van der Waals surface area contributed by atoms with Crippen molar-refractivity contribution in [2.75, 3.05) is 31.1 Å². The third-order valence-corrected chi connectivity index (χ3v) is 4.16. The Morgan fingerprint density at radius 2 is 1.96 bits per heavy atom. The van der Waals surface area contributed by atoms with E-state index in [2.05, 4.69) is 15.0 Å². The maximum atomic E-state index is 12.8. The summed E-state index contributed by atoms with van der Waals surface area (Å²) in [6.45, 7) is 1.60. The Kier molecular flexibility index (Phi) is 5.26. The Morgan fingerprint density at radius 1 is 1.15 bits per heavy atom. The Hall–Kier alpha value is -2.42.